The minimum absolute atomic E-state index is 0.441. The predicted molar refractivity (Wildman–Crippen MR) is 175 cm³/mol. The molecule has 0 bridgehead atoms. The van der Waals surface area contributed by atoms with Crippen molar-refractivity contribution in [2.45, 2.75) is 52.2 Å². The first kappa shape index (κ1) is 30.5. The normalized spacial score (nSPS) is 17.4. The minimum Gasteiger partial charge on any atom is -0.494 e. The minimum atomic E-state index is -1.01. The molecule has 9 nitrogen and oxygen atoms in total. The smallest absolute Gasteiger partial charge is 0.229 e. The molecule has 5 rings (SSSR count). The van der Waals surface area contributed by atoms with Crippen LogP contribution < -0.4 is 20.3 Å². The molecule has 2 aliphatic heterocycles. The van der Waals surface area contributed by atoms with Gasteiger partial charge in [0, 0.05) is 74.5 Å². The Bertz CT molecular complexity index is 1390. The van der Waals surface area contributed by atoms with E-state index in [1.807, 2.05) is 25.1 Å². The fourth-order valence-electron chi connectivity index (χ4n) is 6.00. The third-order valence-electron chi connectivity index (χ3n) is 8.46. The largest absolute Gasteiger partial charge is 0.494 e. The molecule has 2 aliphatic rings. The summed E-state index contributed by atoms with van der Waals surface area (Å²) in [6.45, 7) is 14.5. The van der Waals surface area contributed by atoms with Crippen LogP contribution in [0.4, 0.5) is 28.8 Å². The molecule has 2 fully saturated rings. The number of hydrogen-bond donors (Lipinski definition) is 3. The number of anilines is 5. The molecule has 0 amide bonds. The number of aromatic nitrogens is 2. The number of aliphatic hydroxyl groups is 1. The van der Waals surface area contributed by atoms with Gasteiger partial charge in [-0.1, -0.05) is 12.1 Å². The second-order valence-electron chi connectivity index (χ2n) is 12.1. The van der Waals surface area contributed by atoms with Gasteiger partial charge in [-0.3, -0.25) is 4.90 Å². The second kappa shape index (κ2) is 12.8. The van der Waals surface area contributed by atoms with E-state index in [1.165, 1.54) is 50.3 Å². The molecule has 0 aliphatic carbocycles. The number of piperazine rings is 1. The van der Waals surface area contributed by atoms with Gasteiger partial charge in [0.05, 0.1) is 22.9 Å². The first-order valence-corrected chi connectivity index (χ1v) is 15.6. The summed E-state index contributed by atoms with van der Waals surface area (Å²) >= 11 is 3.58. The van der Waals surface area contributed by atoms with Gasteiger partial charge < -0.3 is 30.3 Å². The van der Waals surface area contributed by atoms with Crippen LogP contribution in [0.1, 0.15) is 43.4 Å². The first-order chi connectivity index (χ1) is 20.0. The molecule has 2 saturated heterocycles. The van der Waals surface area contributed by atoms with E-state index in [1.54, 1.807) is 27.2 Å². The number of rotatable bonds is 8. The van der Waals surface area contributed by atoms with E-state index in [9.17, 15) is 5.11 Å². The Balaban J connectivity index is 1.31. The lowest BCUT2D eigenvalue weighted by atomic mass is 9.95. The maximum Gasteiger partial charge on any atom is 0.229 e. The van der Waals surface area contributed by atoms with E-state index in [4.69, 9.17) is 9.72 Å². The number of hydrogen-bond acceptors (Lipinski definition) is 9. The number of halogens is 1. The zero-order valence-corrected chi connectivity index (χ0v) is 27.3. The maximum atomic E-state index is 10.7. The summed E-state index contributed by atoms with van der Waals surface area (Å²) in [7, 11) is 3.91. The van der Waals surface area contributed by atoms with Gasteiger partial charge in [0.15, 0.2) is 0 Å². The Kier molecular flexibility index (Phi) is 9.27. The zero-order chi connectivity index (χ0) is 30.0. The second-order valence-corrected chi connectivity index (χ2v) is 13.0. The molecule has 1 aromatic heterocycles. The number of aryl methyl sites for hydroxylation is 2. The van der Waals surface area contributed by atoms with Crippen molar-refractivity contribution in [2.75, 3.05) is 69.0 Å². The van der Waals surface area contributed by atoms with Gasteiger partial charge in [0.2, 0.25) is 5.95 Å². The zero-order valence-electron chi connectivity index (χ0n) is 25.7. The van der Waals surface area contributed by atoms with Gasteiger partial charge in [-0.05, 0) is 86.8 Å². The van der Waals surface area contributed by atoms with Gasteiger partial charge in [0.25, 0.3) is 0 Å². The molecule has 10 heteroatoms. The number of nitrogens with zero attached hydrogens (tertiary/aromatic N) is 5. The Morgan fingerprint density at radius 1 is 0.976 bits per heavy atom. The highest BCUT2D eigenvalue weighted by Crippen LogP contribution is 2.37. The van der Waals surface area contributed by atoms with Gasteiger partial charge in [-0.2, -0.15) is 4.98 Å². The predicted octanol–water partition coefficient (Wildman–Crippen LogP) is 5.80. The molecule has 226 valence electrons. The van der Waals surface area contributed by atoms with Gasteiger partial charge in [-0.15, -0.1) is 0 Å². The average molecular weight is 639 g/mol. The number of benzene rings is 2. The lowest BCUT2D eigenvalue weighted by Gasteiger charge is -2.43. The van der Waals surface area contributed by atoms with E-state index in [-0.39, 0.29) is 0 Å². The fraction of sp³-hybridized carbons (Fsp3) is 0.500. The van der Waals surface area contributed by atoms with Crippen LogP contribution in [0, 0.1) is 13.8 Å². The molecule has 3 heterocycles. The van der Waals surface area contributed by atoms with Crippen LogP contribution in [0.5, 0.6) is 5.75 Å². The van der Waals surface area contributed by atoms with Crippen molar-refractivity contribution in [3.63, 3.8) is 0 Å². The molecule has 0 atom stereocenters. The van der Waals surface area contributed by atoms with Gasteiger partial charge in [0.1, 0.15) is 11.6 Å². The highest BCUT2D eigenvalue weighted by atomic mass is 79.9. The molecule has 0 spiro atoms. The highest BCUT2D eigenvalue weighted by Gasteiger charge is 2.28. The van der Waals surface area contributed by atoms with Crippen LogP contribution >= 0.6 is 15.9 Å². The summed E-state index contributed by atoms with van der Waals surface area (Å²) in [6.07, 6.45) is 4.09. The number of methoxy groups -OCH3 is 1. The molecule has 3 N–H and O–H groups in total. The van der Waals surface area contributed by atoms with Crippen LogP contribution in [0.3, 0.4) is 0 Å². The quantitative estimate of drug-likeness (QED) is 0.284. The SMILES string of the molecule is COc1cc(N2CCC(N3CCN(C)CC3)CC2)c(C)cc1Nc1ncc(Br)c(Nc2cc(C)ccc2C(C)(C)O)n1. The van der Waals surface area contributed by atoms with Gasteiger partial charge >= 0.3 is 0 Å². The van der Waals surface area contributed by atoms with E-state index in [0.29, 0.717) is 17.8 Å². The van der Waals surface area contributed by atoms with Crippen molar-refractivity contribution in [2.24, 2.45) is 0 Å². The molecular weight excluding hydrogens is 594 g/mol. The van der Waals surface area contributed by atoms with E-state index >= 15 is 0 Å². The average Bonchev–Trinajstić information content (AvgIpc) is 2.95. The molecular formula is C32H44BrN7O2. The van der Waals surface area contributed by atoms with Crippen molar-refractivity contribution < 1.29 is 9.84 Å². The molecule has 0 saturated carbocycles. The van der Waals surface area contributed by atoms with Gasteiger partial charge in [-0.25, -0.2) is 4.98 Å². The molecule has 2 aromatic carbocycles. The topological polar surface area (TPSA) is 89.0 Å². The monoisotopic (exact) mass is 637 g/mol. The Labute approximate surface area is 258 Å². The highest BCUT2D eigenvalue weighted by molar-refractivity contribution is 9.10. The summed E-state index contributed by atoms with van der Waals surface area (Å²) in [5.41, 5.74) is 4.86. The summed E-state index contributed by atoms with van der Waals surface area (Å²) in [5.74, 6) is 1.79. The Hall–Kier alpha value is -2.92. The summed E-state index contributed by atoms with van der Waals surface area (Å²) in [6, 6.07) is 10.9. The number of nitrogens with one attached hydrogen (secondary N) is 2. The molecule has 0 radical (unpaired) electrons. The van der Waals surface area contributed by atoms with E-state index in [0.717, 1.165) is 45.8 Å². The van der Waals surface area contributed by atoms with Crippen LogP contribution in [0.2, 0.25) is 0 Å². The lowest BCUT2D eigenvalue weighted by molar-refractivity contribution is 0.0793. The standard InChI is InChI=1S/C32H44BrN7O2/c1-21-7-8-24(32(3,4)41)26(17-21)35-30-25(33)20-34-31(37-30)36-27-18-22(2)28(19-29(27)42-6)40-11-9-23(10-12-40)39-15-13-38(5)14-16-39/h7-8,17-20,23,41H,9-16H2,1-6H3,(H2,34,35,36,37). The Morgan fingerprint density at radius 3 is 2.36 bits per heavy atom. The maximum absolute atomic E-state index is 10.7. The van der Waals surface area contributed by atoms with Crippen LogP contribution in [-0.4, -0.2) is 84.3 Å². The van der Waals surface area contributed by atoms with Crippen LogP contribution in [-0.2, 0) is 5.60 Å². The van der Waals surface area contributed by atoms with Crippen molar-refractivity contribution in [3.8, 4) is 5.75 Å². The lowest BCUT2D eigenvalue weighted by Crippen LogP contribution is -2.52. The molecule has 0 unspecified atom stereocenters. The van der Waals surface area contributed by atoms with E-state index in [2.05, 4.69) is 72.4 Å². The van der Waals surface area contributed by atoms with Crippen molar-refractivity contribution in [1.82, 2.24) is 19.8 Å². The number of likely N-dealkylation sites (N-methyl/N-ethyl adjacent to an activating group) is 1. The summed E-state index contributed by atoms with van der Waals surface area (Å²) in [4.78, 5) is 16.9. The molecule has 42 heavy (non-hydrogen) atoms. The van der Waals surface area contributed by atoms with Crippen molar-refractivity contribution in [1.29, 1.82) is 0 Å². The van der Waals surface area contributed by atoms with Crippen LogP contribution in [0.15, 0.2) is 41.0 Å². The number of piperidine rings is 1. The third kappa shape index (κ3) is 6.99. The number of ether oxygens (including phenoxy) is 1. The van der Waals surface area contributed by atoms with Crippen molar-refractivity contribution >= 4 is 44.8 Å². The Morgan fingerprint density at radius 2 is 1.69 bits per heavy atom. The van der Waals surface area contributed by atoms with E-state index < -0.39 is 5.60 Å². The van der Waals surface area contributed by atoms with Crippen molar-refractivity contribution in [3.05, 3.63) is 57.7 Å². The fourth-order valence-corrected chi connectivity index (χ4v) is 6.29. The molecule has 3 aromatic rings. The summed E-state index contributed by atoms with van der Waals surface area (Å²) in [5, 5.41) is 17.5. The first-order valence-electron chi connectivity index (χ1n) is 14.8. The summed E-state index contributed by atoms with van der Waals surface area (Å²) < 4.78 is 6.55. The van der Waals surface area contributed by atoms with Crippen LogP contribution in [0.25, 0.3) is 0 Å². The third-order valence-corrected chi connectivity index (χ3v) is 9.04.